The molecular weight excluding hydrogens is 326 g/mol. The van der Waals surface area contributed by atoms with Crippen LogP contribution in [0.3, 0.4) is 0 Å². The molecule has 1 aliphatic carbocycles. The Balaban J connectivity index is 2.08. The minimum atomic E-state index is -0.0554. The van der Waals surface area contributed by atoms with Crippen LogP contribution >= 0.6 is 15.9 Å². The first-order valence-corrected chi connectivity index (χ1v) is 8.23. The summed E-state index contributed by atoms with van der Waals surface area (Å²) in [6.45, 7) is 6.43. The van der Waals surface area contributed by atoms with Crippen LogP contribution in [0.5, 0.6) is 0 Å². The fourth-order valence-electron chi connectivity index (χ4n) is 2.85. The van der Waals surface area contributed by atoms with E-state index < -0.39 is 0 Å². The quantitative estimate of drug-likeness (QED) is 0.719. The van der Waals surface area contributed by atoms with Crippen molar-refractivity contribution in [1.29, 1.82) is 0 Å². The van der Waals surface area contributed by atoms with Crippen molar-refractivity contribution in [3.8, 4) is 0 Å². The molecule has 3 nitrogen and oxygen atoms in total. The number of fused-ring (bicyclic) bond motifs is 1. The maximum atomic E-state index is 4.85. The zero-order chi connectivity index (χ0) is 15.0. The monoisotopic (exact) mass is 345 g/mol. The van der Waals surface area contributed by atoms with Gasteiger partial charge in [-0.15, -0.1) is 0 Å². The second-order valence-corrected chi connectivity index (χ2v) is 7.49. The van der Waals surface area contributed by atoms with E-state index >= 15 is 0 Å². The molecule has 1 atom stereocenters. The van der Waals surface area contributed by atoms with Crippen LogP contribution in [0.4, 0.5) is 0 Å². The summed E-state index contributed by atoms with van der Waals surface area (Å²) in [5, 5.41) is 0. The Bertz CT molecular complexity index is 661. The number of aryl methyl sites for hydroxylation is 1. The van der Waals surface area contributed by atoms with Gasteiger partial charge >= 0.3 is 0 Å². The molecule has 0 fully saturated rings. The predicted molar refractivity (Wildman–Crippen MR) is 87.5 cm³/mol. The van der Waals surface area contributed by atoms with E-state index in [0.717, 1.165) is 29.0 Å². The third-order valence-electron chi connectivity index (χ3n) is 3.94. The highest BCUT2D eigenvalue weighted by Gasteiger charge is 2.26. The Kier molecular flexibility index (Phi) is 3.82. The van der Waals surface area contributed by atoms with Crippen LogP contribution in [0.2, 0.25) is 0 Å². The summed E-state index contributed by atoms with van der Waals surface area (Å²) < 4.78 is 0.862. The van der Waals surface area contributed by atoms with E-state index in [0.29, 0.717) is 0 Å². The van der Waals surface area contributed by atoms with Crippen molar-refractivity contribution in [2.24, 2.45) is 0 Å². The van der Waals surface area contributed by atoms with Crippen molar-refractivity contribution in [2.45, 2.75) is 51.4 Å². The van der Waals surface area contributed by atoms with E-state index in [1.165, 1.54) is 17.7 Å². The highest BCUT2D eigenvalue weighted by atomic mass is 79.9. The van der Waals surface area contributed by atoms with E-state index in [9.17, 15) is 0 Å². The molecule has 0 aromatic carbocycles. The Morgan fingerprint density at radius 1 is 1.24 bits per heavy atom. The van der Waals surface area contributed by atoms with E-state index in [1.54, 1.807) is 0 Å². The van der Waals surface area contributed by atoms with Crippen LogP contribution in [-0.4, -0.2) is 15.0 Å². The van der Waals surface area contributed by atoms with Crippen molar-refractivity contribution in [1.82, 2.24) is 15.0 Å². The van der Waals surface area contributed by atoms with Gasteiger partial charge < -0.3 is 0 Å². The number of nitrogens with zero attached hydrogens (tertiary/aromatic N) is 3. The summed E-state index contributed by atoms with van der Waals surface area (Å²) in [4.78, 5) is 14.0. The number of rotatable bonds is 1. The molecule has 0 N–H and O–H groups in total. The van der Waals surface area contributed by atoms with Crippen LogP contribution < -0.4 is 0 Å². The van der Waals surface area contributed by atoms with Crippen LogP contribution in [0.1, 0.15) is 62.3 Å². The summed E-state index contributed by atoms with van der Waals surface area (Å²) >= 11 is 3.54. The second kappa shape index (κ2) is 5.48. The van der Waals surface area contributed by atoms with Crippen LogP contribution in [-0.2, 0) is 11.8 Å². The molecular formula is C17H20BrN3. The fourth-order valence-corrected chi connectivity index (χ4v) is 3.25. The van der Waals surface area contributed by atoms with Crippen molar-refractivity contribution in [3.05, 3.63) is 51.8 Å². The summed E-state index contributed by atoms with van der Waals surface area (Å²) in [6.07, 6.45) is 5.31. The molecule has 0 saturated carbocycles. The van der Waals surface area contributed by atoms with Gasteiger partial charge in [-0.1, -0.05) is 26.8 Å². The molecule has 4 heteroatoms. The molecule has 21 heavy (non-hydrogen) atoms. The van der Waals surface area contributed by atoms with E-state index in [4.69, 9.17) is 4.98 Å². The third kappa shape index (κ3) is 3.00. The van der Waals surface area contributed by atoms with E-state index in [-0.39, 0.29) is 11.3 Å². The summed E-state index contributed by atoms with van der Waals surface area (Å²) in [5.74, 6) is 1.17. The number of pyridine rings is 1. The first kappa shape index (κ1) is 14.6. The average Bonchev–Trinajstić information content (AvgIpc) is 2.45. The Labute approximate surface area is 134 Å². The van der Waals surface area contributed by atoms with Gasteiger partial charge in [0.05, 0.1) is 11.4 Å². The Morgan fingerprint density at radius 3 is 2.81 bits per heavy atom. The SMILES string of the molecule is CC(C)(C)c1nc(Br)cc(C2CCCc3cccnc32)n1. The lowest BCUT2D eigenvalue weighted by Gasteiger charge is -2.25. The molecule has 1 aliphatic rings. The highest BCUT2D eigenvalue weighted by molar-refractivity contribution is 9.10. The van der Waals surface area contributed by atoms with Gasteiger partial charge in [0.15, 0.2) is 0 Å². The Morgan fingerprint density at radius 2 is 2.05 bits per heavy atom. The van der Waals surface area contributed by atoms with Crippen molar-refractivity contribution in [3.63, 3.8) is 0 Å². The van der Waals surface area contributed by atoms with Gasteiger partial charge in [0.1, 0.15) is 10.4 Å². The van der Waals surface area contributed by atoms with E-state index in [1.807, 2.05) is 18.3 Å². The minimum absolute atomic E-state index is 0.0554. The number of halogens is 1. The number of hydrogen-bond donors (Lipinski definition) is 0. The summed E-state index contributed by atoms with van der Waals surface area (Å²) in [5.41, 5.74) is 3.58. The lowest BCUT2D eigenvalue weighted by Crippen LogP contribution is -2.20. The molecule has 1 unspecified atom stereocenters. The van der Waals surface area contributed by atoms with Crippen LogP contribution in [0.25, 0.3) is 0 Å². The van der Waals surface area contributed by atoms with Crippen molar-refractivity contribution in [2.75, 3.05) is 0 Å². The number of aromatic nitrogens is 3. The molecule has 110 valence electrons. The zero-order valence-electron chi connectivity index (χ0n) is 12.7. The van der Waals surface area contributed by atoms with Crippen molar-refractivity contribution >= 4 is 15.9 Å². The predicted octanol–water partition coefficient (Wildman–Crippen LogP) is 4.40. The van der Waals surface area contributed by atoms with Gasteiger partial charge in [-0.05, 0) is 52.9 Å². The molecule has 0 spiro atoms. The molecule has 0 amide bonds. The maximum Gasteiger partial charge on any atom is 0.135 e. The summed E-state index contributed by atoms with van der Waals surface area (Å²) in [7, 11) is 0. The van der Waals surface area contributed by atoms with Gasteiger partial charge in [0.25, 0.3) is 0 Å². The lowest BCUT2D eigenvalue weighted by molar-refractivity contribution is 0.526. The van der Waals surface area contributed by atoms with E-state index in [2.05, 4.69) is 52.7 Å². The smallest absolute Gasteiger partial charge is 0.135 e. The molecule has 2 heterocycles. The first-order chi connectivity index (χ1) is 9.95. The van der Waals surface area contributed by atoms with Gasteiger partial charge in [0.2, 0.25) is 0 Å². The first-order valence-electron chi connectivity index (χ1n) is 7.44. The Hall–Kier alpha value is -1.29. The standard InChI is InChI=1S/C17H20BrN3/c1-17(2,3)16-20-13(10-14(18)21-16)12-8-4-6-11-7-5-9-19-15(11)12/h5,7,9-10,12H,4,6,8H2,1-3H3. The fraction of sp³-hybridized carbons (Fsp3) is 0.471. The topological polar surface area (TPSA) is 38.7 Å². The lowest BCUT2D eigenvalue weighted by atomic mass is 9.84. The van der Waals surface area contributed by atoms with Gasteiger partial charge in [-0.2, -0.15) is 0 Å². The van der Waals surface area contributed by atoms with Crippen LogP contribution in [0.15, 0.2) is 29.0 Å². The zero-order valence-corrected chi connectivity index (χ0v) is 14.3. The average molecular weight is 346 g/mol. The molecule has 0 aliphatic heterocycles. The van der Waals surface area contributed by atoms with Gasteiger partial charge in [0, 0.05) is 17.5 Å². The van der Waals surface area contributed by atoms with Gasteiger partial charge in [-0.25, -0.2) is 9.97 Å². The van der Waals surface area contributed by atoms with Gasteiger partial charge in [-0.3, -0.25) is 4.98 Å². The maximum absolute atomic E-state index is 4.85. The minimum Gasteiger partial charge on any atom is -0.260 e. The molecule has 0 radical (unpaired) electrons. The molecule has 0 bridgehead atoms. The number of hydrogen-bond acceptors (Lipinski definition) is 3. The summed E-state index contributed by atoms with van der Waals surface area (Å²) in [6, 6.07) is 6.26. The van der Waals surface area contributed by atoms with Crippen LogP contribution in [0, 0.1) is 0 Å². The van der Waals surface area contributed by atoms with Crippen molar-refractivity contribution < 1.29 is 0 Å². The third-order valence-corrected chi connectivity index (χ3v) is 4.34. The molecule has 3 rings (SSSR count). The normalized spacial score (nSPS) is 18.4. The second-order valence-electron chi connectivity index (χ2n) is 6.68. The molecule has 2 aromatic heterocycles. The molecule has 0 saturated heterocycles. The molecule has 2 aromatic rings. The highest BCUT2D eigenvalue weighted by Crippen LogP contribution is 2.35. The largest absolute Gasteiger partial charge is 0.260 e.